The highest BCUT2D eigenvalue weighted by Gasteiger charge is 2.19. The Kier molecular flexibility index (Phi) is 57.9. The number of carbonyl (C=O) groups excluding carboxylic acids is 3. The Morgan fingerprint density at radius 2 is 0.527 bits per heavy atom. The van der Waals surface area contributed by atoms with Crippen molar-refractivity contribution in [2.45, 2.75) is 277 Å². The van der Waals surface area contributed by atoms with Gasteiger partial charge < -0.3 is 14.2 Å². The fraction of sp³-hybridized carbons (Fsp3) is 0.662. The van der Waals surface area contributed by atoms with Crippen LogP contribution in [0, 0.1) is 0 Å². The molecule has 0 heterocycles. The number of allylic oxidation sites excluding steroid dienone is 20. The number of ether oxygens (including phenoxy) is 3. The molecule has 0 radical (unpaired) electrons. The van der Waals surface area contributed by atoms with E-state index < -0.39 is 6.10 Å². The highest BCUT2D eigenvalue weighted by Crippen LogP contribution is 2.15. The van der Waals surface area contributed by atoms with Gasteiger partial charge in [0.05, 0.1) is 0 Å². The van der Waals surface area contributed by atoms with Crippen LogP contribution in [0.4, 0.5) is 0 Å². The van der Waals surface area contributed by atoms with E-state index in [2.05, 4.69) is 142 Å². The molecule has 0 N–H and O–H groups in total. The molecule has 0 amide bonds. The summed E-state index contributed by atoms with van der Waals surface area (Å²) in [6.07, 6.45) is 84.9. The second kappa shape index (κ2) is 61.4. The lowest BCUT2D eigenvalue weighted by atomic mass is 10.0. The zero-order valence-electron chi connectivity index (χ0n) is 48.1. The van der Waals surface area contributed by atoms with Gasteiger partial charge in [0.1, 0.15) is 13.2 Å². The Bertz CT molecular complexity index is 1550. The Labute approximate surface area is 456 Å². The molecule has 6 nitrogen and oxygen atoms in total. The van der Waals surface area contributed by atoms with Crippen LogP contribution in [0.3, 0.4) is 0 Å². The van der Waals surface area contributed by atoms with E-state index in [-0.39, 0.29) is 31.1 Å². The van der Waals surface area contributed by atoms with Crippen molar-refractivity contribution < 1.29 is 28.6 Å². The normalized spacial score (nSPS) is 13.0. The van der Waals surface area contributed by atoms with E-state index in [4.69, 9.17) is 14.2 Å². The first-order valence-electron chi connectivity index (χ1n) is 30.5. The van der Waals surface area contributed by atoms with Crippen LogP contribution in [-0.2, 0) is 28.6 Å². The molecule has 1 unspecified atom stereocenters. The average Bonchev–Trinajstić information content (AvgIpc) is 3.40. The minimum Gasteiger partial charge on any atom is -0.462 e. The SMILES string of the molecule is CC/C=C\C/C=C\C/C=C\C/C=C\C/C=C\C/C=C\C/C=C\C/C=C\C/C=C\CCCCCC(=O)OCC(COC(=O)CCCCCCCCCCCCCC)OC(=O)CCCCCCC/C=C\CCCCCC. The number of hydrogen-bond donors (Lipinski definition) is 0. The number of rotatable bonds is 54. The van der Waals surface area contributed by atoms with Gasteiger partial charge in [-0.3, -0.25) is 14.4 Å². The molecule has 74 heavy (non-hydrogen) atoms. The molecule has 0 fully saturated rings. The Hall–Kier alpha value is -4.19. The molecule has 0 spiro atoms. The molecule has 0 saturated heterocycles. The molecule has 420 valence electrons. The predicted octanol–water partition coefficient (Wildman–Crippen LogP) is 20.8. The molecular weight excluding hydrogens is 913 g/mol. The summed E-state index contributed by atoms with van der Waals surface area (Å²) >= 11 is 0. The van der Waals surface area contributed by atoms with Crippen molar-refractivity contribution in [1.82, 2.24) is 0 Å². The lowest BCUT2D eigenvalue weighted by molar-refractivity contribution is -0.167. The molecule has 0 aliphatic carbocycles. The van der Waals surface area contributed by atoms with Gasteiger partial charge in [0.2, 0.25) is 0 Å². The lowest BCUT2D eigenvalue weighted by Crippen LogP contribution is -2.30. The largest absolute Gasteiger partial charge is 0.462 e. The van der Waals surface area contributed by atoms with Crippen LogP contribution >= 0.6 is 0 Å². The van der Waals surface area contributed by atoms with Crippen LogP contribution in [0.2, 0.25) is 0 Å². The van der Waals surface area contributed by atoms with Crippen molar-refractivity contribution in [3.05, 3.63) is 122 Å². The highest BCUT2D eigenvalue weighted by molar-refractivity contribution is 5.71. The first-order chi connectivity index (χ1) is 36.5. The van der Waals surface area contributed by atoms with E-state index in [1.54, 1.807) is 0 Å². The predicted molar refractivity (Wildman–Crippen MR) is 320 cm³/mol. The maximum Gasteiger partial charge on any atom is 0.306 e. The van der Waals surface area contributed by atoms with Crippen molar-refractivity contribution in [2.24, 2.45) is 0 Å². The van der Waals surface area contributed by atoms with Crippen molar-refractivity contribution in [1.29, 1.82) is 0 Å². The monoisotopic (exact) mass is 1020 g/mol. The molecule has 0 aromatic rings. The summed E-state index contributed by atoms with van der Waals surface area (Å²) in [5.41, 5.74) is 0. The summed E-state index contributed by atoms with van der Waals surface area (Å²) in [6.45, 7) is 6.47. The summed E-state index contributed by atoms with van der Waals surface area (Å²) in [6, 6.07) is 0. The molecule has 1 atom stereocenters. The molecule has 0 aliphatic heterocycles. The number of unbranched alkanes of at least 4 members (excludes halogenated alkanes) is 23. The van der Waals surface area contributed by atoms with Crippen molar-refractivity contribution in [3.63, 3.8) is 0 Å². The van der Waals surface area contributed by atoms with Gasteiger partial charge in [0, 0.05) is 19.3 Å². The third-order valence-corrected chi connectivity index (χ3v) is 12.7. The highest BCUT2D eigenvalue weighted by atomic mass is 16.6. The smallest absolute Gasteiger partial charge is 0.306 e. The van der Waals surface area contributed by atoms with E-state index in [9.17, 15) is 14.4 Å². The van der Waals surface area contributed by atoms with Crippen LogP contribution in [0.1, 0.15) is 271 Å². The van der Waals surface area contributed by atoms with E-state index in [1.165, 1.54) is 96.3 Å². The summed E-state index contributed by atoms with van der Waals surface area (Å²) in [7, 11) is 0. The second-order valence-corrected chi connectivity index (χ2v) is 19.9. The van der Waals surface area contributed by atoms with E-state index >= 15 is 0 Å². The van der Waals surface area contributed by atoms with Crippen LogP contribution in [-0.4, -0.2) is 37.2 Å². The Morgan fingerprint density at radius 1 is 0.284 bits per heavy atom. The van der Waals surface area contributed by atoms with Crippen molar-refractivity contribution in [3.8, 4) is 0 Å². The van der Waals surface area contributed by atoms with E-state index in [0.29, 0.717) is 19.3 Å². The zero-order chi connectivity index (χ0) is 53.6. The van der Waals surface area contributed by atoms with E-state index in [0.717, 1.165) is 135 Å². The zero-order valence-corrected chi connectivity index (χ0v) is 48.1. The third-order valence-electron chi connectivity index (χ3n) is 12.7. The molecular formula is C68H112O6. The summed E-state index contributed by atoms with van der Waals surface area (Å²) in [5, 5.41) is 0. The quantitative estimate of drug-likeness (QED) is 0.0261. The van der Waals surface area contributed by atoms with Gasteiger partial charge in [-0.05, 0) is 116 Å². The molecule has 0 aromatic carbocycles. The first kappa shape index (κ1) is 69.8. The molecule has 0 aliphatic rings. The van der Waals surface area contributed by atoms with Gasteiger partial charge >= 0.3 is 17.9 Å². The standard InChI is InChI=1S/C68H112O6/c1-4-7-10-13-16-19-22-25-26-27-28-29-30-31-32-33-34-35-36-37-38-39-40-41-42-44-46-49-52-55-58-61-67(70)73-64-65(63-72-66(69)60-57-54-51-48-45-24-21-18-15-12-9-6-3)74-68(71)62-59-56-53-50-47-43-23-20-17-14-11-8-5-2/h7,10,16,19-20,23,25-26,28-29,31-32,34-35,37-38,40-41,44,46,65H,4-6,8-9,11-15,17-18,21-22,24,27,30,33,36,39,42-43,45,47-64H2,1-3H3/b10-7-,19-16-,23-20-,26-25-,29-28-,32-31-,35-34-,38-37-,41-40-,46-44-. The Balaban J connectivity index is 4.33. The van der Waals surface area contributed by atoms with Crippen molar-refractivity contribution in [2.75, 3.05) is 13.2 Å². The molecule has 0 saturated carbocycles. The third kappa shape index (κ3) is 58.7. The molecule has 0 bridgehead atoms. The lowest BCUT2D eigenvalue weighted by Gasteiger charge is -2.18. The maximum absolute atomic E-state index is 12.8. The van der Waals surface area contributed by atoms with Crippen LogP contribution in [0.5, 0.6) is 0 Å². The van der Waals surface area contributed by atoms with E-state index in [1.807, 2.05) is 0 Å². The maximum atomic E-state index is 12.8. The van der Waals surface area contributed by atoms with Gasteiger partial charge in [0.15, 0.2) is 6.10 Å². The van der Waals surface area contributed by atoms with Gasteiger partial charge in [-0.25, -0.2) is 0 Å². The average molecular weight is 1030 g/mol. The topological polar surface area (TPSA) is 78.9 Å². The molecule has 6 heteroatoms. The van der Waals surface area contributed by atoms with Gasteiger partial charge in [-0.15, -0.1) is 0 Å². The van der Waals surface area contributed by atoms with Crippen LogP contribution in [0.15, 0.2) is 122 Å². The van der Waals surface area contributed by atoms with Gasteiger partial charge in [-0.1, -0.05) is 258 Å². The summed E-state index contributed by atoms with van der Waals surface area (Å²) in [4.78, 5) is 38.1. The minimum atomic E-state index is -0.797. The molecule has 0 aromatic heterocycles. The van der Waals surface area contributed by atoms with Crippen molar-refractivity contribution >= 4 is 17.9 Å². The number of hydrogen-bond acceptors (Lipinski definition) is 6. The van der Waals surface area contributed by atoms with Gasteiger partial charge in [0.25, 0.3) is 0 Å². The fourth-order valence-corrected chi connectivity index (χ4v) is 8.13. The first-order valence-corrected chi connectivity index (χ1v) is 30.5. The second-order valence-electron chi connectivity index (χ2n) is 19.9. The minimum absolute atomic E-state index is 0.0917. The van der Waals surface area contributed by atoms with Gasteiger partial charge in [-0.2, -0.15) is 0 Å². The fourth-order valence-electron chi connectivity index (χ4n) is 8.13. The number of carbonyl (C=O) groups is 3. The molecule has 0 rings (SSSR count). The summed E-state index contributed by atoms with van der Waals surface area (Å²) < 4.78 is 16.8. The van der Waals surface area contributed by atoms with Crippen LogP contribution in [0.25, 0.3) is 0 Å². The Morgan fingerprint density at radius 3 is 0.865 bits per heavy atom. The summed E-state index contributed by atoms with van der Waals surface area (Å²) in [5.74, 6) is -0.934. The number of esters is 3. The van der Waals surface area contributed by atoms with Crippen LogP contribution < -0.4 is 0 Å².